The summed E-state index contributed by atoms with van der Waals surface area (Å²) in [6.45, 7) is 3.17. The van der Waals surface area contributed by atoms with Gasteiger partial charge in [-0.15, -0.1) is 21.5 Å². The highest BCUT2D eigenvalue weighted by Gasteiger charge is 2.32. The largest absolute Gasteiger partial charge is 0.327 e. The number of carbonyl (C=O) groups excluding carboxylic acids is 1. The van der Waals surface area contributed by atoms with Crippen molar-refractivity contribution in [2.75, 3.05) is 6.54 Å². The lowest BCUT2D eigenvalue weighted by atomic mass is 10.1. The summed E-state index contributed by atoms with van der Waals surface area (Å²) in [5.41, 5.74) is 1.51. The number of nitrogens with zero attached hydrogens (tertiary/aromatic N) is 6. The smallest absolute Gasteiger partial charge is 0.254 e. The van der Waals surface area contributed by atoms with Crippen LogP contribution >= 0.6 is 22.9 Å². The lowest BCUT2D eigenvalue weighted by Crippen LogP contribution is -2.41. The molecule has 7 nitrogen and oxygen atoms in total. The van der Waals surface area contributed by atoms with Crippen molar-refractivity contribution in [3.63, 3.8) is 0 Å². The standard InChI is InChI=1S/C19H15ClN6OS/c1-11-16-23-24-17(18-22-14-6-7-21-10-15(14)28-18)26(16)9-8-25(11)19(27)12-2-4-13(20)5-3-12/h2-7,10-11H,8-9H2,1H3/t11-/m1/s1. The SMILES string of the molecule is C[C@@H]1c2nnc(-c3nc4ccncc4s3)n2CCN1C(=O)c1ccc(Cl)cc1. The average Bonchev–Trinajstić information content (AvgIpc) is 3.32. The van der Waals surface area contributed by atoms with Gasteiger partial charge in [-0.05, 0) is 37.3 Å². The zero-order chi connectivity index (χ0) is 19.3. The van der Waals surface area contributed by atoms with Crippen molar-refractivity contribution >= 4 is 39.1 Å². The molecule has 0 unspecified atom stereocenters. The molecule has 0 fully saturated rings. The highest BCUT2D eigenvalue weighted by molar-refractivity contribution is 7.21. The lowest BCUT2D eigenvalue weighted by Gasteiger charge is -2.33. The number of pyridine rings is 1. The van der Waals surface area contributed by atoms with Crippen molar-refractivity contribution in [3.05, 3.63) is 59.1 Å². The Morgan fingerprint density at radius 3 is 2.79 bits per heavy atom. The van der Waals surface area contributed by atoms with Gasteiger partial charge in [0.15, 0.2) is 16.7 Å². The molecule has 0 aliphatic carbocycles. The molecule has 0 saturated carbocycles. The summed E-state index contributed by atoms with van der Waals surface area (Å²) in [6.07, 6.45) is 3.53. The van der Waals surface area contributed by atoms with Gasteiger partial charge in [-0.25, -0.2) is 4.98 Å². The Morgan fingerprint density at radius 2 is 2.00 bits per heavy atom. The molecule has 1 aliphatic heterocycles. The Balaban J connectivity index is 1.47. The molecular formula is C19H15ClN6OS. The van der Waals surface area contributed by atoms with E-state index in [9.17, 15) is 4.79 Å². The third kappa shape index (κ3) is 2.76. The normalized spacial score (nSPS) is 16.4. The predicted octanol–water partition coefficient (Wildman–Crippen LogP) is 3.82. The van der Waals surface area contributed by atoms with Crippen molar-refractivity contribution in [2.24, 2.45) is 0 Å². The maximum atomic E-state index is 12.9. The molecule has 4 heterocycles. The van der Waals surface area contributed by atoms with Crippen molar-refractivity contribution in [3.8, 4) is 10.8 Å². The first-order chi connectivity index (χ1) is 13.6. The van der Waals surface area contributed by atoms with E-state index in [0.717, 1.165) is 26.9 Å². The van der Waals surface area contributed by atoms with Gasteiger partial charge in [0.25, 0.3) is 5.91 Å². The number of halogens is 1. The fraction of sp³-hybridized carbons (Fsp3) is 0.211. The van der Waals surface area contributed by atoms with Gasteiger partial charge in [-0.2, -0.15) is 0 Å². The van der Waals surface area contributed by atoms with Crippen molar-refractivity contribution in [1.82, 2.24) is 29.6 Å². The van der Waals surface area contributed by atoms with Crippen molar-refractivity contribution in [2.45, 2.75) is 19.5 Å². The van der Waals surface area contributed by atoms with Gasteiger partial charge in [-0.3, -0.25) is 9.78 Å². The highest BCUT2D eigenvalue weighted by atomic mass is 35.5. The first-order valence-electron chi connectivity index (χ1n) is 8.82. The minimum Gasteiger partial charge on any atom is -0.327 e. The Labute approximate surface area is 169 Å². The van der Waals surface area contributed by atoms with Gasteiger partial charge in [0.2, 0.25) is 0 Å². The van der Waals surface area contributed by atoms with Crippen LogP contribution in [-0.2, 0) is 6.54 Å². The summed E-state index contributed by atoms with van der Waals surface area (Å²) >= 11 is 7.48. The minimum atomic E-state index is -0.186. The zero-order valence-corrected chi connectivity index (χ0v) is 16.5. The maximum Gasteiger partial charge on any atom is 0.254 e. The van der Waals surface area contributed by atoms with Crippen LogP contribution in [0, 0.1) is 0 Å². The van der Waals surface area contributed by atoms with Crippen molar-refractivity contribution < 1.29 is 4.79 Å². The fourth-order valence-corrected chi connectivity index (χ4v) is 4.51. The van der Waals surface area contributed by atoms with E-state index in [4.69, 9.17) is 11.6 Å². The predicted molar refractivity (Wildman–Crippen MR) is 107 cm³/mol. The average molecular weight is 411 g/mol. The van der Waals surface area contributed by atoms with Gasteiger partial charge in [-0.1, -0.05) is 11.6 Å². The molecule has 4 aromatic rings. The van der Waals surface area contributed by atoms with Crippen LogP contribution in [-0.4, -0.2) is 42.1 Å². The molecule has 1 amide bonds. The van der Waals surface area contributed by atoms with E-state index in [0.29, 0.717) is 23.7 Å². The Kier molecular flexibility index (Phi) is 4.10. The summed E-state index contributed by atoms with van der Waals surface area (Å²) in [5.74, 6) is 1.47. The highest BCUT2D eigenvalue weighted by Crippen LogP contribution is 2.33. The minimum absolute atomic E-state index is 0.0361. The molecule has 1 aromatic carbocycles. The number of thiazole rings is 1. The summed E-state index contributed by atoms with van der Waals surface area (Å²) in [6, 6.07) is 8.65. The van der Waals surface area contributed by atoms with Crippen LogP contribution in [0.5, 0.6) is 0 Å². The zero-order valence-electron chi connectivity index (χ0n) is 14.9. The quantitative estimate of drug-likeness (QED) is 0.502. The van der Waals surface area contributed by atoms with Crippen molar-refractivity contribution in [1.29, 1.82) is 0 Å². The third-order valence-electron chi connectivity index (χ3n) is 4.92. The van der Waals surface area contributed by atoms with E-state index in [1.165, 1.54) is 0 Å². The van der Waals surface area contributed by atoms with E-state index in [1.54, 1.807) is 48.0 Å². The maximum absolute atomic E-state index is 12.9. The second-order valence-electron chi connectivity index (χ2n) is 6.58. The van der Waals surface area contributed by atoms with Gasteiger partial charge in [0, 0.05) is 36.1 Å². The summed E-state index contributed by atoms with van der Waals surface area (Å²) in [7, 11) is 0. The molecule has 0 bridgehead atoms. The summed E-state index contributed by atoms with van der Waals surface area (Å²) in [4.78, 5) is 23.6. The van der Waals surface area contributed by atoms with Gasteiger partial charge >= 0.3 is 0 Å². The van der Waals surface area contributed by atoms with E-state index in [2.05, 4.69) is 24.7 Å². The van der Waals surface area contributed by atoms with Crippen LogP contribution in [0.2, 0.25) is 5.02 Å². The van der Waals surface area contributed by atoms with Gasteiger partial charge in [0.05, 0.1) is 16.3 Å². The van der Waals surface area contributed by atoms with Crippen LogP contribution in [0.4, 0.5) is 0 Å². The lowest BCUT2D eigenvalue weighted by molar-refractivity contribution is 0.0638. The number of hydrogen-bond donors (Lipinski definition) is 0. The molecule has 5 rings (SSSR count). The van der Waals surface area contributed by atoms with E-state index >= 15 is 0 Å². The molecule has 0 saturated heterocycles. The van der Waals surface area contributed by atoms with Gasteiger partial charge in [0.1, 0.15) is 0 Å². The first kappa shape index (κ1) is 17.3. The number of amides is 1. The number of carbonyl (C=O) groups is 1. The molecule has 9 heteroatoms. The Hall–Kier alpha value is -2.84. The van der Waals surface area contributed by atoms with Crippen LogP contribution in [0.15, 0.2) is 42.7 Å². The van der Waals surface area contributed by atoms with E-state index in [-0.39, 0.29) is 11.9 Å². The fourth-order valence-electron chi connectivity index (χ4n) is 3.45. The third-order valence-corrected chi connectivity index (χ3v) is 6.17. The topological polar surface area (TPSA) is 76.8 Å². The molecule has 3 aromatic heterocycles. The molecule has 1 aliphatic rings. The number of aromatic nitrogens is 5. The first-order valence-corrected chi connectivity index (χ1v) is 10.0. The molecule has 1 atom stereocenters. The van der Waals surface area contributed by atoms with E-state index < -0.39 is 0 Å². The second-order valence-corrected chi connectivity index (χ2v) is 8.04. The molecular weight excluding hydrogens is 396 g/mol. The molecule has 0 spiro atoms. The molecule has 140 valence electrons. The van der Waals surface area contributed by atoms with Crippen LogP contribution in [0.1, 0.15) is 29.1 Å². The summed E-state index contributed by atoms with van der Waals surface area (Å²) in [5, 5.41) is 10.2. The molecule has 0 N–H and O–H groups in total. The van der Waals surface area contributed by atoms with Crippen LogP contribution < -0.4 is 0 Å². The van der Waals surface area contributed by atoms with E-state index in [1.807, 2.05) is 17.9 Å². The monoisotopic (exact) mass is 410 g/mol. The molecule has 28 heavy (non-hydrogen) atoms. The second kappa shape index (κ2) is 6.65. The number of rotatable bonds is 2. The number of fused-ring (bicyclic) bond motifs is 2. The van der Waals surface area contributed by atoms with Gasteiger partial charge < -0.3 is 9.47 Å². The Morgan fingerprint density at radius 1 is 1.18 bits per heavy atom. The molecule has 0 radical (unpaired) electrons. The Bertz CT molecular complexity index is 1150. The number of hydrogen-bond acceptors (Lipinski definition) is 6. The van der Waals surface area contributed by atoms with Crippen LogP contribution in [0.25, 0.3) is 21.0 Å². The summed E-state index contributed by atoms with van der Waals surface area (Å²) < 4.78 is 3.07. The van der Waals surface area contributed by atoms with Crippen LogP contribution in [0.3, 0.4) is 0 Å². The number of benzene rings is 1.